The number of H-pyrrole nitrogens is 1. The van der Waals surface area contributed by atoms with Gasteiger partial charge in [-0.2, -0.15) is 10.1 Å². The summed E-state index contributed by atoms with van der Waals surface area (Å²) in [6.07, 6.45) is 3.78. The number of aliphatic imine (C=N–C) groups is 1. The highest BCUT2D eigenvalue weighted by Crippen LogP contribution is 2.30. The third-order valence-electron chi connectivity index (χ3n) is 4.41. The zero-order valence-electron chi connectivity index (χ0n) is 17.1. The Morgan fingerprint density at radius 1 is 1.39 bits per heavy atom. The molecular formula is C20H23N7O3S+. The summed E-state index contributed by atoms with van der Waals surface area (Å²) in [6.45, 7) is 2.38. The van der Waals surface area contributed by atoms with Crippen LogP contribution in [0.2, 0.25) is 0 Å². The van der Waals surface area contributed by atoms with E-state index in [4.69, 9.17) is 4.74 Å². The number of nitrogens with zero attached hydrogens (tertiary/aromatic N) is 4. The number of aliphatic hydroxyl groups excluding tert-OH is 1. The van der Waals surface area contributed by atoms with E-state index in [0.29, 0.717) is 23.7 Å². The van der Waals surface area contributed by atoms with Gasteiger partial charge in [-0.25, -0.2) is 0 Å². The van der Waals surface area contributed by atoms with Gasteiger partial charge in [-0.3, -0.25) is 19.5 Å². The molecule has 11 heteroatoms. The summed E-state index contributed by atoms with van der Waals surface area (Å²) in [6, 6.07) is 9.48. The van der Waals surface area contributed by atoms with Crippen molar-refractivity contribution < 1.29 is 14.6 Å². The number of anilines is 2. The zero-order chi connectivity index (χ0) is 21.8. The Morgan fingerprint density at radius 3 is 2.87 bits per heavy atom. The van der Waals surface area contributed by atoms with E-state index in [1.54, 1.807) is 0 Å². The van der Waals surface area contributed by atoms with Crippen LogP contribution in [0.1, 0.15) is 5.69 Å². The summed E-state index contributed by atoms with van der Waals surface area (Å²) in [4.78, 5) is 19.1. The van der Waals surface area contributed by atoms with E-state index in [9.17, 15) is 9.90 Å². The number of nitrogens with one attached hydrogen (secondary N) is 3. The lowest BCUT2D eigenvalue weighted by Gasteiger charge is -2.24. The van der Waals surface area contributed by atoms with Gasteiger partial charge >= 0.3 is 0 Å². The third-order valence-corrected chi connectivity index (χ3v) is 5.36. The van der Waals surface area contributed by atoms with Gasteiger partial charge in [0.05, 0.1) is 12.8 Å². The van der Waals surface area contributed by atoms with Gasteiger partial charge in [0.1, 0.15) is 18.8 Å². The van der Waals surface area contributed by atoms with E-state index in [2.05, 4.69) is 25.8 Å². The lowest BCUT2D eigenvalue weighted by molar-refractivity contribution is -0.119. The predicted octanol–water partition coefficient (Wildman–Crippen LogP) is 1.92. The van der Waals surface area contributed by atoms with Crippen molar-refractivity contribution in [2.45, 2.75) is 11.8 Å². The van der Waals surface area contributed by atoms with Crippen LogP contribution in [0.4, 0.5) is 11.5 Å². The molecule has 2 aromatic rings. The highest BCUT2D eigenvalue weighted by molar-refractivity contribution is 7.97. The fourth-order valence-corrected chi connectivity index (χ4v) is 3.94. The molecule has 2 aliphatic heterocycles. The number of carbonyl (C=O) groups excluding carboxylic acids is 1. The minimum absolute atomic E-state index is 0.0167. The van der Waals surface area contributed by atoms with E-state index in [1.165, 1.54) is 19.1 Å². The molecule has 1 aromatic heterocycles. The monoisotopic (exact) mass is 441 g/mol. The number of aromatic nitrogens is 2. The number of fused-ring (bicyclic) bond motifs is 1. The number of methoxy groups -OCH3 is 1. The number of amides is 1. The normalized spacial score (nSPS) is 15.8. The molecule has 2 aliphatic rings. The van der Waals surface area contributed by atoms with Gasteiger partial charge in [0.25, 0.3) is 11.7 Å². The quantitative estimate of drug-likeness (QED) is 0.365. The fraction of sp³-hybridized carbons (Fsp3) is 0.250. The second-order valence-electron chi connectivity index (χ2n) is 6.92. The number of ether oxygens (including phenoxy) is 1. The molecule has 0 atom stereocenters. The molecule has 4 N–H and O–H groups in total. The van der Waals surface area contributed by atoms with Gasteiger partial charge in [-0.05, 0) is 48.0 Å². The number of aryl methyl sites for hydroxylation is 1. The Bertz CT molecular complexity index is 1050. The van der Waals surface area contributed by atoms with Crippen molar-refractivity contribution in [2.24, 2.45) is 4.99 Å². The number of hydrogen-bond donors (Lipinski definition) is 4. The van der Waals surface area contributed by atoms with Crippen molar-refractivity contribution in [2.75, 3.05) is 37.5 Å². The number of aliphatic hydroxyl groups is 1. The SMILES string of the molecule is COCC(=O)Nc1ccc(SN2C=C(Nc3cc(C)[nH]n3)[N+]3C=C(CO)N=C3C2)cc1. The average molecular weight is 442 g/mol. The second kappa shape index (κ2) is 9.35. The third kappa shape index (κ3) is 5.14. The molecular weight excluding hydrogens is 418 g/mol. The first-order chi connectivity index (χ1) is 15.0. The highest BCUT2D eigenvalue weighted by Gasteiger charge is 2.39. The van der Waals surface area contributed by atoms with Crippen LogP contribution in [0.5, 0.6) is 0 Å². The van der Waals surface area contributed by atoms with Crippen LogP contribution in [0.15, 0.2) is 64.1 Å². The number of amidine groups is 1. The van der Waals surface area contributed by atoms with Crippen molar-refractivity contribution >= 4 is 35.2 Å². The first kappa shape index (κ1) is 21.1. The summed E-state index contributed by atoms with van der Waals surface area (Å²) in [5, 5.41) is 22.7. The van der Waals surface area contributed by atoms with Crippen molar-refractivity contribution in [1.82, 2.24) is 19.4 Å². The van der Waals surface area contributed by atoms with Gasteiger partial charge in [-0.1, -0.05) is 0 Å². The molecule has 0 fully saturated rings. The van der Waals surface area contributed by atoms with E-state index >= 15 is 0 Å². The Balaban J connectivity index is 1.49. The average Bonchev–Trinajstić information content (AvgIpc) is 3.35. The molecule has 0 saturated heterocycles. The largest absolute Gasteiger partial charge is 0.390 e. The standard InChI is InChI=1S/C20H23N7O3S/c1-13-7-17(25-24-13)23-19-10-26(9-18-21-15(11-28)8-27(18)19)31-16-5-3-14(4-6-16)22-20(29)12-30-2/h3-8,10,28H,9,11-12H2,1-2H3,(H,22,29)(H2,23,24,25)/q+1. The lowest BCUT2D eigenvalue weighted by Crippen LogP contribution is -2.42. The predicted molar refractivity (Wildman–Crippen MR) is 119 cm³/mol. The Morgan fingerprint density at radius 2 is 2.19 bits per heavy atom. The first-order valence-electron chi connectivity index (χ1n) is 9.56. The summed E-state index contributed by atoms with van der Waals surface area (Å²) >= 11 is 1.54. The maximum absolute atomic E-state index is 11.6. The highest BCUT2D eigenvalue weighted by atomic mass is 32.2. The minimum atomic E-state index is -0.197. The van der Waals surface area contributed by atoms with Crippen LogP contribution in [-0.2, 0) is 9.53 Å². The fourth-order valence-electron chi connectivity index (χ4n) is 3.08. The van der Waals surface area contributed by atoms with Crippen molar-refractivity contribution in [3.63, 3.8) is 0 Å². The van der Waals surface area contributed by atoms with Gasteiger partial charge in [0.15, 0.2) is 12.0 Å². The van der Waals surface area contributed by atoms with Crippen molar-refractivity contribution in [3.8, 4) is 0 Å². The first-order valence-corrected chi connectivity index (χ1v) is 10.3. The smallest absolute Gasteiger partial charge is 0.285 e. The molecule has 0 bridgehead atoms. The van der Waals surface area contributed by atoms with Crippen LogP contribution in [0, 0.1) is 6.92 Å². The van der Waals surface area contributed by atoms with Crippen LogP contribution >= 0.6 is 11.9 Å². The number of hydrogen-bond acceptors (Lipinski definition) is 9. The molecule has 4 rings (SSSR count). The summed E-state index contributed by atoms with van der Waals surface area (Å²) in [7, 11) is 1.48. The van der Waals surface area contributed by atoms with Gasteiger partial charge in [0, 0.05) is 29.5 Å². The van der Waals surface area contributed by atoms with Gasteiger partial charge in [-0.15, -0.1) is 0 Å². The molecule has 0 saturated carbocycles. The molecule has 161 valence electrons. The van der Waals surface area contributed by atoms with Gasteiger partial charge < -0.3 is 15.2 Å². The van der Waals surface area contributed by atoms with Crippen molar-refractivity contribution in [3.05, 3.63) is 59.9 Å². The second-order valence-corrected chi connectivity index (χ2v) is 8.05. The zero-order valence-corrected chi connectivity index (χ0v) is 17.9. The van der Waals surface area contributed by atoms with Crippen LogP contribution < -0.4 is 15.5 Å². The maximum atomic E-state index is 11.6. The maximum Gasteiger partial charge on any atom is 0.285 e. The van der Waals surface area contributed by atoms with Gasteiger partial charge in [0.2, 0.25) is 5.91 Å². The Hall–Kier alpha value is -3.12. The Kier molecular flexibility index (Phi) is 6.37. The summed E-state index contributed by atoms with van der Waals surface area (Å²) in [5.41, 5.74) is 2.26. The summed E-state index contributed by atoms with van der Waals surface area (Å²) in [5.74, 6) is 2.07. The van der Waals surface area contributed by atoms with E-state index in [0.717, 1.165) is 22.2 Å². The molecule has 1 amide bonds. The molecule has 0 spiro atoms. The topological polar surface area (TPSA) is 121 Å². The molecule has 0 unspecified atom stereocenters. The number of rotatable bonds is 8. The number of benzene rings is 1. The molecule has 10 nitrogen and oxygen atoms in total. The Labute approximate surface area is 183 Å². The molecule has 1 radical (unpaired) electrons. The molecule has 0 aliphatic carbocycles. The van der Waals surface area contributed by atoms with E-state index in [-0.39, 0.29) is 19.1 Å². The molecule has 31 heavy (non-hydrogen) atoms. The minimum Gasteiger partial charge on any atom is -0.390 e. The van der Waals surface area contributed by atoms with Crippen LogP contribution in [-0.4, -0.2) is 58.2 Å². The molecule has 3 heterocycles. The van der Waals surface area contributed by atoms with Crippen LogP contribution in [0.3, 0.4) is 0 Å². The molecule has 1 aromatic carbocycles. The lowest BCUT2D eigenvalue weighted by atomic mass is 10.3. The van der Waals surface area contributed by atoms with E-state index in [1.807, 2.05) is 58.9 Å². The van der Waals surface area contributed by atoms with Crippen LogP contribution in [0.25, 0.3) is 0 Å². The number of carbonyl (C=O) groups is 1. The van der Waals surface area contributed by atoms with E-state index < -0.39 is 0 Å². The summed E-state index contributed by atoms with van der Waals surface area (Å²) < 4.78 is 6.87. The number of aromatic amines is 1. The van der Waals surface area contributed by atoms with Crippen molar-refractivity contribution in [1.29, 1.82) is 0 Å².